The standard InChI is InChI=1S/C16H22N2OS/c1-15(2,3)13-4-7-16(11-17,8-5-13)18-14(19)12-6-9-20-10-12/h6,9-10,13H,4-5,7-8H2,1-3H3,(H,18,19). The molecule has 108 valence electrons. The lowest BCUT2D eigenvalue weighted by atomic mass is 9.67. The van der Waals surface area contributed by atoms with Crippen molar-refractivity contribution >= 4 is 17.2 Å². The summed E-state index contributed by atoms with van der Waals surface area (Å²) < 4.78 is 0. The van der Waals surface area contributed by atoms with Crippen molar-refractivity contribution in [1.29, 1.82) is 5.26 Å². The maximum Gasteiger partial charge on any atom is 0.253 e. The van der Waals surface area contributed by atoms with Crippen LogP contribution in [-0.2, 0) is 0 Å². The molecule has 0 saturated heterocycles. The van der Waals surface area contributed by atoms with E-state index < -0.39 is 5.54 Å². The van der Waals surface area contributed by atoms with E-state index in [9.17, 15) is 10.1 Å². The van der Waals surface area contributed by atoms with Crippen LogP contribution in [0.25, 0.3) is 0 Å². The highest BCUT2D eigenvalue weighted by molar-refractivity contribution is 7.08. The van der Waals surface area contributed by atoms with Crippen molar-refractivity contribution < 1.29 is 4.79 Å². The minimum Gasteiger partial charge on any atom is -0.334 e. The summed E-state index contributed by atoms with van der Waals surface area (Å²) in [5.41, 5.74) is 0.252. The van der Waals surface area contributed by atoms with Crippen LogP contribution in [0, 0.1) is 22.7 Å². The van der Waals surface area contributed by atoms with Gasteiger partial charge in [0.1, 0.15) is 5.54 Å². The predicted molar refractivity (Wildman–Crippen MR) is 81.5 cm³/mol. The van der Waals surface area contributed by atoms with Gasteiger partial charge in [0.15, 0.2) is 0 Å². The molecule has 1 aliphatic carbocycles. The second-order valence-electron chi connectivity index (χ2n) is 6.80. The number of nitrogens with zero attached hydrogens (tertiary/aromatic N) is 1. The van der Waals surface area contributed by atoms with Crippen molar-refractivity contribution in [2.75, 3.05) is 0 Å². The Morgan fingerprint density at radius 1 is 1.45 bits per heavy atom. The van der Waals surface area contributed by atoms with Gasteiger partial charge in [0.2, 0.25) is 0 Å². The molecule has 1 aromatic heterocycles. The number of rotatable bonds is 2. The highest BCUT2D eigenvalue weighted by atomic mass is 32.1. The SMILES string of the molecule is CC(C)(C)C1CCC(C#N)(NC(=O)c2ccsc2)CC1. The van der Waals surface area contributed by atoms with E-state index >= 15 is 0 Å². The lowest BCUT2D eigenvalue weighted by Crippen LogP contribution is -2.50. The molecule has 1 fully saturated rings. The van der Waals surface area contributed by atoms with E-state index in [1.807, 2.05) is 10.8 Å². The summed E-state index contributed by atoms with van der Waals surface area (Å²) in [4.78, 5) is 12.2. The number of amides is 1. The molecule has 1 aliphatic rings. The third-order valence-electron chi connectivity index (χ3n) is 4.41. The van der Waals surface area contributed by atoms with Gasteiger partial charge in [-0.1, -0.05) is 20.8 Å². The Morgan fingerprint density at radius 3 is 2.55 bits per heavy atom. The van der Waals surface area contributed by atoms with Crippen molar-refractivity contribution in [3.05, 3.63) is 22.4 Å². The quantitative estimate of drug-likeness (QED) is 0.895. The average Bonchev–Trinajstić information content (AvgIpc) is 2.92. The van der Waals surface area contributed by atoms with E-state index in [2.05, 4.69) is 32.2 Å². The monoisotopic (exact) mass is 290 g/mol. The van der Waals surface area contributed by atoms with Gasteiger partial charge in [0, 0.05) is 5.38 Å². The van der Waals surface area contributed by atoms with Gasteiger partial charge >= 0.3 is 0 Å². The fraction of sp³-hybridized carbons (Fsp3) is 0.625. The number of hydrogen-bond acceptors (Lipinski definition) is 3. The van der Waals surface area contributed by atoms with Crippen LogP contribution in [0.5, 0.6) is 0 Å². The van der Waals surface area contributed by atoms with E-state index in [4.69, 9.17) is 0 Å². The van der Waals surface area contributed by atoms with Crippen LogP contribution in [0.2, 0.25) is 0 Å². The summed E-state index contributed by atoms with van der Waals surface area (Å²) in [6.45, 7) is 6.75. The molecule has 0 unspecified atom stereocenters. The molecule has 4 heteroatoms. The zero-order chi connectivity index (χ0) is 14.8. The Kier molecular flexibility index (Phi) is 4.19. The first-order valence-electron chi connectivity index (χ1n) is 7.12. The molecule has 1 heterocycles. The summed E-state index contributed by atoms with van der Waals surface area (Å²) in [7, 11) is 0. The van der Waals surface area contributed by atoms with Crippen molar-refractivity contribution in [2.24, 2.45) is 11.3 Å². The largest absolute Gasteiger partial charge is 0.334 e. The van der Waals surface area contributed by atoms with Gasteiger partial charge in [-0.15, -0.1) is 0 Å². The Bertz CT molecular complexity index is 500. The third-order valence-corrected chi connectivity index (χ3v) is 5.10. The van der Waals surface area contributed by atoms with E-state index in [1.165, 1.54) is 11.3 Å². The Hall–Kier alpha value is -1.34. The highest BCUT2D eigenvalue weighted by Gasteiger charge is 2.40. The van der Waals surface area contributed by atoms with Crippen LogP contribution in [0.4, 0.5) is 0 Å². The van der Waals surface area contributed by atoms with Crippen LogP contribution < -0.4 is 5.32 Å². The zero-order valence-electron chi connectivity index (χ0n) is 12.4. The van der Waals surface area contributed by atoms with Crippen LogP contribution in [0.15, 0.2) is 16.8 Å². The summed E-state index contributed by atoms with van der Waals surface area (Å²) >= 11 is 1.50. The van der Waals surface area contributed by atoms with Gasteiger partial charge in [0.05, 0.1) is 11.6 Å². The summed E-state index contributed by atoms with van der Waals surface area (Å²) in [5.74, 6) is 0.504. The first-order valence-corrected chi connectivity index (χ1v) is 8.06. The number of nitrogens with one attached hydrogen (secondary N) is 1. The molecule has 0 spiro atoms. The maximum atomic E-state index is 12.2. The van der Waals surface area contributed by atoms with Gasteiger partial charge in [-0.2, -0.15) is 16.6 Å². The van der Waals surface area contributed by atoms with Crippen LogP contribution in [-0.4, -0.2) is 11.4 Å². The number of carbonyl (C=O) groups excluding carboxylic acids is 1. The zero-order valence-corrected chi connectivity index (χ0v) is 13.2. The lowest BCUT2D eigenvalue weighted by molar-refractivity contribution is 0.0856. The Morgan fingerprint density at radius 2 is 2.10 bits per heavy atom. The second kappa shape index (κ2) is 5.57. The summed E-state index contributed by atoms with van der Waals surface area (Å²) in [6, 6.07) is 4.15. The minimum atomic E-state index is -0.680. The minimum absolute atomic E-state index is 0.123. The fourth-order valence-electron chi connectivity index (χ4n) is 2.92. The van der Waals surface area contributed by atoms with Gasteiger partial charge in [-0.3, -0.25) is 4.79 Å². The van der Waals surface area contributed by atoms with Gasteiger partial charge in [0.25, 0.3) is 5.91 Å². The normalized spacial score (nSPS) is 26.8. The lowest BCUT2D eigenvalue weighted by Gasteiger charge is -2.40. The molecule has 2 rings (SSSR count). The number of nitriles is 1. The van der Waals surface area contributed by atoms with E-state index in [0.29, 0.717) is 11.5 Å². The molecule has 0 radical (unpaired) electrons. The average molecular weight is 290 g/mol. The summed E-state index contributed by atoms with van der Waals surface area (Å²) in [6.07, 6.45) is 3.50. The molecule has 20 heavy (non-hydrogen) atoms. The van der Waals surface area contributed by atoms with Gasteiger partial charge < -0.3 is 5.32 Å². The van der Waals surface area contributed by atoms with Crippen LogP contribution >= 0.6 is 11.3 Å². The third kappa shape index (κ3) is 3.21. The molecule has 3 nitrogen and oxygen atoms in total. The van der Waals surface area contributed by atoms with Crippen molar-refractivity contribution in [2.45, 2.75) is 52.0 Å². The Balaban J connectivity index is 2.03. The highest BCUT2D eigenvalue weighted by Crippen LogP contribution is 2.41. The molecule has 1 aromatic rings. The van der Waals surface area contributed by atoms with Gasteiger partial charge in [-0.05, 0) is 48.5 Å². The first-order chi connectivity index (χ1) is 9.36. The van der Waals surface area contributed by atoms with Crippen LogP contribution in [0.1, 0.15) is 56.8 Å². The van der Waals surface area contributed by atoms with Crippen molar-refractivity contribution in [3.63, 3.8) is 0 Å². The molecular weight excluding hydrogens is 268 g/mol. The molecule has 1 saturated carbocycles. The van der Waals surface area contributed by atoms with Crippen LogP contribution in [0.3, 0.4) is 0 Å². The summed E-state index contributed by atoms with van der Waals surface area (Å²) in [5, 5.41) is 16.2. The molecular formula is C16H22N2OS. The molecule has 1 amide bonds. The predicted octanol–water partition coefficient (Wildman–Crippen LogP) is 3.98. The molecule has 0 bridgehead atoms. The Labute approximate surface area is 125 Å². The topological polar surface area (TPSA) is 52.9 Å². The number of hydrogen-bond donors (Lipinski definition) is 1. The first kappa shape index (κ1) is 15.1. The van der Waals surface area contributed by atoms with Gasteiger partial charge in [-0.25, -0.2) is 0 Å². The van der Waals surface area contributed by atoms with E-state index in [0.717, 1.165) is 25.7 Å². The van der Waals surface area contributed by atoms with Crippen molar-refractivity contribution in [3.8, 4) is 6.07 Å². The van der Waals surface area contributed by atoms with E-state index in [1.54, 1.807) is 6.07 Å². The number of carbonyl (C=O) groups is 1. The van der Waals surface area contributed by atoms with E-state index in [-0.39, 0.29) is 11.3 Å². The smallest absolute Gasteiger partial charge is 0.253 e. The molecule has 0 atom stereocenters. The second-order valence-corrected chi connectivity index (χ2v) is 7.58. The van der Waals surface area contributed by atoms with Crippen molar-refractivity contribution in [1.82, 2.24) is 5.32 Å². The molecule has 1 N–H and O–H groups in total. The maximum absolute atomic E-state index is 12.2. The molecule has 0 aromatic carbocycles. The number of thiophene rings is 1. The fourth-order valence-corrected chi connectivity index (χ4v) is 3.56. The molecule has 0 aliphatic heterocycles.